The Hall–Kier alpha value is -1.22. The highest BCUT2D eigenvalue weighted by Gasteiger charge is 2.37. The Labute approximate surface area is 232 Å². The summed E-state index contributed by atoms with van der Waals surface area (Å²) in [4.78, 5) is 23.2. The molecule has 0 aromatic heterocycles. The molecule has 0 saturated carbocycles. The van der Waals surface area contributed by atoms with Crippen molar-refractivity contribution < 1.29 is 38.7 Å². The first-order valence-corrected chi connectivity index (χ1v) is 15.2. The van der Waals surface area contributed by atoms with Crippen LogP contribution in [0.15, 0.2) is 0 Å². The second-order valence-corrected chi connectivity index (χ2v) is 10.3. The van der Waals surface area contributed by atoms with Crippen LogP contribution in [0.4, 0.5) is 0 Å². The second kappa shape index (κ2) is 27.4. The highest BCUT2D eigenvalue weighted by Crippen LogP contribution is 2.34. The van der Waals surface area contributed by atoms with E-state index in [0.717, 1.165) is 26.1 Å². The zero-order chi connectivity index (χ0) is 28.2. The number of rotatable bonds is 31. The van der Waals surface area contributed by atoms with E-state index in [0.29, 0.717) is 58.9 Å². The smallest absolute Gasteiger partial charge is 0.309 e. The number of carbonyl (C=O) groups is 2. The average molecular weight is 547 g/mol. The summed E-state index contributed by atoms with van der Waals surface area (Å²) in [6.45, 7) is 8.30. The van der Waals surface area contributed by atoms with Crippen LogP contribution in [0.3, 0.4) is 0 Å². The van der Waals surface area contributed by atoms with Gasteiger partial charge in [0.15, 0.2) is 0 Å². The Morgan fingerprint density at radius 1 is 0.500 bits per heavy atom. The lowest BCUT2D eigenvalue weighted by molar-refractivity contribution is -0.153. The van der Waals surface area contributed by atoms with Crippen molar-refractivity contribution in [2.24, 2.45) is 5.41 Å². The van der Waals surface area contributed by atoms with E-state index in [9.17, 15) is 14.7 Å². The molecule has 0 heterocycles. The molecule has 0 aromatic carbocycles. The van der Waals surface area contributed by atoms with Crippen LogP contribution in [0.25, 0.3) is 0 Å². The molecule has 0 radical (unpaired) electrons. The van der Waals surface area contributed by atoms with Gasteiger partial charge < -0.3 is 29.2 Å². The number of aliphatic carboxylic acids is 2. The molecule has 226 valence electrons. The zero-order valence-electron chi connectivity index (χ0n) is 24.5. The third-order valence-electron chi connectivity index (χ3n) is 6.98. The van der Waals surface area contributed by atoms with Crippen LogP contribution in [0.5, 0.6) is 0 Å². The molecule has 0 aliphatic rings. The van der Waals surface area contributed by atoms with Gasteiger partial charge in [0.2, 0.25) is 0 Å². The van der Waals surface area contributed by atoms with Crippen LogP contribution in [0.2, 0.25) is 0 Å². The Balaban J connectivity index is 4.19. The SMILES string of the molecule is CCCCCCCCOCCOCCC(CCCC(=O)O)(CCOCCOCCCCCCCC)C(=O)O. The van der Waals surface area contributed by atoms with Crippen molar-refractivity contribution >= 4 is 11.9 Å². The van der Waals surface area contributed by atoms with Crippen LogP contribution in [0, 0.1) is 5.41 Å². The summed E-state index contributed by atoms with van der Waals surface area (Å²) in [6.07, 6.45) is 15.8. The largest absolute Gasteiger partial charge is 0.481 e. The van der Waals surface area contributed by atoms with Crippen molar-refractivity contribution in [1.82, 2.24) is 0 Å². The van der Waals surface area contributed by atoms with Gasteiger partial charge in [0.05, 0.1) is 31.8 Å². The number of carboxylic acid groups (broad SMARTS) is 2. The van der Waals surface area contributed by atoms with E-state index in [1.54, 1.807) is 0 Å². The van der Waals surface area contributed by atoms with Crippen molar-refractivity contribution in [3.05, 3.63) is 0 Å². The maximum absolute atomic E-state index is 12.3. The van der Waals surface area contributed by atoms with Gasteiger partial charge in [-0.3, -0.25) is 9.59 Å². The minimum atomic E-state index is -1.06. The van der Waals surface area contributed by atoms with E-state index in [4.69, 9.17) is 24.1 Å². The van der Waals surface area contributed by atoms with Crippen molar-refractivity contribution in [3.8, 4) is 0 Å². The molecule has 0 amide bonds. The lowest BCUT2D eigenvalue weighted by Crippen LogP contribution is -2.34. The van der Waals surface area contributed by atoms with E-state index >= 15 is 0 Å². The third-order valence-corrected chi connectivity index (χ3v) is 6.98. The highest BCUT2D eigenvalue weighted by molar-refractivity contribution is 5.74. The minimum Gasteiger partial charge on any atom is -0.481 e. The first-order valence-electron chi connectivity index (χ1n) is 15.2. The fourth-order valence-electron chi connectivity index (χ4n) is 4.42. The number of carboxylic acids is 2. The summed E-state index contributed by atoms with van der Waals surface area (Å²) in [7, 11) is 0. The first-order chi connectivity index (χ1) is 18.5. The number of hydrogen-bond donors (Lipinski definition) is 2. The molecule has 38 heavy (non-hydrogen) atoms. The van der Waals surface area contributed by atoms with Crippen molar-refractivity contribution in [2.45, 2.75) is 123 Å². The molecular formula is C30H58O8. The van der Waals surface area contributed by atoms with Crippen molar-refractivity contribution in [3.63, 3.8) is 0 Å². The molecule has 0 aromatic rings. The maximum atomic E-state index is 12.3. The normalized spacial score (nSPS) is 11.7. The maximum Gasteiger partial charge on any atom is 0.309 e. The van der Waals surface area contributed by atoms with Gasteiger partial charge in [-0.05, 0) is 38.5 Å². The average Bonchev–Trinajstić information content (AvgIpc) is 2.89. The molecule has 2 N–H and O–H groups in total. The Kier molecular flexibility index (Phi) is 26.5. The molecule has 0 aliphatic heterocycles. The van der Waals surface area contributed by atoms with Crippen LogP contribution >= 0.6 is 0 Å². The van der Waals surface area contributed by atoms with E-state index in [1.165, 1.54) is 64.2 Å². The Morgan fingerprint density at radius 2 is 0.895 bits per heavy atom. The van der Waals surface area contributed by atoms with Gasteiger partial charge in [-0.25, -0.2) is 0 Å². The minimum absolute atomic E-state index is 0.0463. The summed E-state index contributed by atoms with van der Waals surface area (Å²) < 4.78 is 22.6. The monoisotopic (exact) mass is 546 g/mol. The van der Waals surface area contributed by atoms with Gasteiger partial charge in [0.1, 0.15) is 0 Å². The molecule has 8 nitrogen and oxygen atoms in total. The fourth-order valence-corrected chi connectivity index (χ4v) is 4.42. The molecule has 0 unspecified atom stereocenters. The molecule has 0 bridgehead atoms. The van der Waals surface area contributed by atoms with E-state index in [1.807, 2.05) is 0 Å². The molecule has 0 fully saturated rings. The van der Waals surface area contributed by atoms with Gasteiger partial charge in [-0.15, -0.1) is 0 Å². The summed E-state index contributed by atoms with van der Waals surface area (Å²) in [5.41, 5.74) is -1.06. The number of ether oxygens (including phenoxy) is 4. The van der Waals surface area contributed by atoms with Crippen LogP contribution in [0.1, 0.15) is 123 Å². The lowest BCUT2D eigenvalue weighted by Gasteiger charge is -2.29. The molecule has 0 spiro atoms. The molecular weight excluding hydrogens is 488 g/mol. The van der Waals surface area contributed by atoms with Crippen LogP contribution in [-0.4, -0.2) is 75.0 Å². The summed E-state index contributed by atoms with van der Waals surface area (Å²) in [6, 6.07) is 0. The quantitative estimate of drug-likeness (QED) is 0.0905. The standard InChI is InChI=1S/C30H58O8/c1-3-5-7-9-11-13-20-35-24-26-37-22-18-30(29(33)34,17-15-16-28(31)32)19-23-38-27-25-36-21-14-12-10-8-6-4-2/h3-27H2,1-2H3,(H,31,32)(H,33,34). The highest BCUT2D eigenvalue weighted by atomic mass is 16.5. The fraction of sp³-hybridized carbons (Fsp3) is 0.933. The summed E-state index contributed by atoms with van der Waals surface area (Å²) >= 11 is 0. The van der Waals surface area contributed by atoms with E-state index in [-0.39, 0.29) is 12.8 Å². The topological polar surface area (TPSA) is 112 Å². The number of unbranched alkanes of at least 4 members (excludes halogenated alkanes) is 10. The summed E-state index contributed by atoms with van der Waals surface area (Å²) in [5.74, 6) is -1.84. The van der Waals surface area contributed by atoms with E-state index in [2.05, 4.69) is 13.8 Å². The molecule has 0 aliphatic carbocycles. The molecule has 0 atom stereocenters. The lowest BCUT2D eigenvalue weighted by atomic mass is 9.77. The van der Waals surface area contributed by atoms with Gasteiger partial charge >= 0.3 is 11.9 Å². The number of hydrogen-bond acceptors (Lipinski definition) is 6. The van der Waals surface area contributed by atoms with Gasteiger partial charge in [-0.1, -0.05) is 78.1 Å². The third kappa shape index (κ3) is 22.7. The molecule has 8 heteroatoms. The Morgan fingerprint density at radius 3 is 1.29 bits per heavy atom. The van der Waals surface area contributed by atoms with Crippen LogP contribution in [-0.2, 0) is 28.5 Å². The second-order valence-electron chi connectivity index (χ2n) is 10.3. The van der Waals surface area contributed by atoms with E-state index < -0.39 is 17.4 Å². The molecule has 0 rings (SSSR count). The Bertz CT molecular complexity index is 512. The van der Waals surface area contributed by atoms with Crippen molar-refractivity contribution in [2.75, 3.05) is 52.9 Å². The predicted octanol–water partition coefficient (Wildman–Crippen LogP) is 6.88. The zero-order valence-corrected chi connectivity index (χ0v) is 24.5. The first kappa shape index (κ1) is 36.8. The van der Waals surface area contributed by atoms with Crippen molar-refractivity contribution in [1.29, 1.82) is 0 Å². The van der Waals surface area contributed by atoms with Gasteiger partial charge in [0.25, 0.3) is 0 Å². The van der Waals surface area contributed by atoms with Crippen LogP contribution < -0.4 is 0 Å². The van der Waals surface area contributed by atoms with Gasteiger partial charge in [-0.2, -0.15) is 0 Å². The predicted molar refractivity (Wildman–Crippen MR) is 151 cm³/mol. The summed E-state index contributed by atoms with van der Waals surface area (Å²) in [5, 5.41) is 19.0. The molecule has 0 saturated heterocycles. The van der Waals surface area contributed by atoms with Gasteiger partial charge in [0, 0.05) is 32.8 Å².